The van der Waals surface area contributed by atoms with Gasteiger partial charge in [0.1, 0.15) is 17.5 Å². The molecule has 0 saturated heterocycles. The van der Waals surface area contributed by atoms with Crippen LogP contribution in [0.4, 0.5) is 5.69 Å². The highest BCUT2D eigenvalue weighted by Gasteiger charge is 2.22. The number of benzene rings is 3. The summed E-state index contributed by atoms with van der Waals surface area (Å²) in [6, 6.07) is 23.9. The third-order valence-corrected chi connectivity index (χ3v) is 4.17. The largest absolute Gasteiger partial charge is 0.497 e. The number of hydrogen-bond acceptors (Lipinski definition) is 4. The van der Waals surface area contributed by atoms with E-state index in [1.807, 2.05) is 54.6 Å². The normalized spacial score (nSPS) is 11.5. The molecule has 0 bridgehead atoms. The molecule has 1 N–H and O–H groups in total. The molecule has 0 aromatic heterocycles. The number of anilines is 1. The molecule has 3 aromatic carbocycles. The van der Waals surface area contributed by atoms with Crippen LogP contribution in [0.3, 0.4) is 0 Å². The Morgan fingerprint density at radius 3 is 1.85 bits per heavy atom. The van der Waals surface area contributed by atoms with Gasteiger partial charge in [-0.15, -0.1) is 0 Å². The Kier molecular flexibility index (Phi) is 5.54. The summed E-state index contributed by atoms with van der Waals surface area (Å²) in [6.45, 7) is 0. The van der Waals surface area contributed by atoms with Gasteiger partial charge in [-0.3, -0.25) is 4.79 Å². The van der Waals surface area contributed by atoms with E-state index in [0.717, 1.165) is 22.7 Å². The maximum Gasteiger partial charge on any atom is 0.189 e. The number of carbonyl (C=O) groups is 1. The molecule has 0 fully saturated rings. The van der Waals surface area contributed by atoms with Crippen molar-refractivity contribution in [3.63, 3.8) is 0 Å². The highest BCUT2D eigenvalue weighted by atomic mass is 16.5. The lowest BCUT2D eigenvalue weighted by Crippen LogP contribution is -2.21. The lowest BCUT2D eigenvalue weighted by molar-refractivity contribution is 0.0969. The van der Waals surface area contributed by atoms with Crippen LogP contribution in [-0.2, 0) is 0 Å². The summed E-state index contributed by atoms with van der Waals surface area (Å²) in [7, 11) is 3.23. The van der Waals surface area contributed by atoms with Crippen molar-refractivity contribution in [1.82, 2.24) is 0 Å². The van der Waals surface area contributed by atoms with Crippen LogP contribution in [-0.4, -0.2) is 20.0 Å². The number of carbonyl (C=O) groups excluding carboxylic acids is 1. The van der Waals surface area contributed by atoms with Gasteiger partial charge in [-0.1, -0.05) is 30.3 Å². The average Bonchev–Trinajstić information content (AvgIpc) is 2.72. The molecule has 0 aliphatic heterocycles. The number of ether oxygens (including phenoxy) is 2. The Morgan fingerprint density at radius 1 is 0.769 bits per heavy atom. The van der Waals surface area contributed by atoms with Crippen LogP contribution >= 0.6 is 0 Å². The number of Topliss-reactive ketones (excluding diaryl/α,β-unsaturated/α-hetero) is 1. The van der Waals surface area contributed by atoms with Crippen LogP contribution in [0, 0.1) is 0 Å². The molecule has 26 heavy (non-hydrogen) atoms. The minimum atomic E-state index is -0.503. The van der Waals surface area contributed by atoms with Gasteiger partial charge in [0, 0.05) is 11.3 Å². The fourth-order valence-corrected chi connectivity index (χ4v) is 2.72. The van der Waals surface area contributed by atoms with E-state index in [9.17, 15) is 4.79 Å². The van der Waals surface area contributed by atoms with Gasteiger partial charge < -0.3 is 14.8 Å². The lowest BCUT2D eigenvalue weighted by Gasteiger charge is -2.20. The number of para-hydroxylation sites is 1. The second-order valence-corrected chi connectivity index (χ2v) is 5.81. The molecular formula is C22H21NO3. The molecule has 0 heterocycles. The molecule has 4 nitrogen and oxygen atoms in total. The Labute approximate surface area is 153 Å². The van der Waals surface area contributed by atoms with E-state index < -0.39 is 6.04 Å². The number of nitrogens with one attached hydrogen (secondary N) is 1. The number of hydrogen-bond donors (Lipinski definition) is 1. The summed E-state index contributed by atoms with van der Waals surface area (Å²) in [5.41, 5.74) is 2.38. The summed E-state index contributed by atoms with van der Waals surface area (Å²) in [5, 5.41) is 3.34. The van der Waals surface area contributed by atoms with E-state index >= 15 is 0 Å². The molecule has 0 amide bonds. The molecule has 0 aliphatic carbocycles. The fourth-order valence-electron chi connectivity index (χ4n) is 2.72. The molecule has 0 saturated carbocycles. The maximum atomic E-state index is 13.2. The first-order valence-electron chi connectivity index (χ1n) is 8.35. The van der Waals surface area contributed by atoms with Gasteiger partial charge in [-0.25, -0.2) is 0 Å². The van der Waals surface area contributed by atoms with Gasteiger partial charge in [0.15, 0.2) is 5.78 Å². The van der Waals surface area contributed by atoms with E-state index in [1.54, 1.807) is 38.5 Å². The van der Waals surface area contributed by atoms with E-state index in [1.165, 1.54) is 0 Å². The SMILES string of the molecule is COc1ccc(C(=O)[C@@H](Nc2ccccc2)c2ccc(OC)cc2)cc1. The van der Waals surface area contributed by atoms with Crippen LogP contribution in [0.15, 0.2) is 78.9 Å². The Bertz CT molecular complexity index is 843. The van der Waals surface area contributed by atoms with Crippen LogP contribution in [0.1, 0.15) is 22.0 Å². The predicted molar refractivity (Wildman–Crippen MR) is 103 cm³/mol. The first-order valence-corrected chi connectivity index (χ1v) is 8.35. The lowest BCUT2D eigenvalue weighted by atomic mass is 9.97. The van der Waals surface area contributed by atoms with Gasteiger partial charge in [0.05, 0.1) is 14.2 Å². The van der Waals surface area contributed by atoms with Gasteiger partial charge in [0.25, 0.3) is 0 Å². The minimum Gasteiger partial charge on any atom is -0.497 e. The summed E-state index contributed by atoms with van der Waals surface area (Å²) in [4.78, 5) is 13.2. The van der Waals surface area contributed by atoms with Crippen molar-refractivity contribution in [3.05, 3.63) is 90.0 Å². The van der Waals surface area contributed by atoms with Gasteiger partial charge in [0.2, 0.25) is 0 Å². The number of methoxy groups -OCH3 is 2. The van der Waals surface area contributed by atoms with Gasteiger partial charge in [-0.2, -0.15) is 0 Å². The zero-order valence-corrected chi connectivity index (χ0v) is 14.8. The van der Waals surface area contributed by atoms with Crippen LogP contribution in [0.25, 0.3) is 0 Å². The second-order valence-electron chi connectivity index (χ2n) is 5.81. The third-order valence-electron chi connectivity index (χ3n) is 4.17. The molecule has 0 aliphatic rings. The van der Waals surface area contributed by atoms with E-state index in [0.29, 0.717) is 5.56 Å². The Hall–Kier alpha value is -3.27. The summed E-state index contributed by atoms with van der Waals surface area (Å²) < 4.78 is 10.4. The summed E-state index contributed by atoms with van der Waals surface area (Å²) in [5.74, 6) is 1.46. The van der Waals surface area contributed by atoms with Crippen LogP contribution in [0.5, 0.6) is 11.5 Å². The molecule has 4 heteroatoms. The molecule has 0 radical (unpaired) electrons. The predicted octanol–water partition coefficient (Wildman–Crippen LogP) is 4.74. The zero-order valence-electron chi connectivity index (χ0n) is 14.8. The van der Waals surface area contributed by atoms with Crippen molar-refractivity contribution >= 4 is 11.5 Å². The van der Waals surface area contributed by atoms with Gasteiger partial charge in [-0.05, 0) is 54.1 Å². The Balaban J connectivity index is 1.93. The first-order chi connectivity index (χ1) is 12.7. The average molecular weight is 347 g/mol. The molecule has 132 valence electrons. The molecule has 3 aromatic rings. The molecular weight excluding hydrogens is 326 g/mol. The number of ketones is 1. The van der Waals surface area contributed by atoms with Crippen molar-refractivity contribution in [1.29, 1.82) is 0 Å². The summed E-state index contributed by atoms with van der Waals surface area (Å²) >= 11 is 0. The third kappa shape index (κ3) is 4.03. The quantitative estimate of drug-likeness (QED) is 0.627. The zero-order chi connectivity index (χ0) is 18.4. The Morgan fingerprint density at radius 2 is 1.31 bits per heavy atom. The standard InChI is InChI=1S/C22H21NO3/c1-25-19-12-8-16(9-13-19)21(23-18-6-4-3-5-7-18)22(24)17-10-14-20(26-2)15-11-17/h3-15,21,23H,1-2H3/t21-/m0/s1. The molecule has 1 atom stereocenters. The van der Waals surface area contributed by atoms with Crippen molar-refractivity contribution in [3.8, 4) is 11.5 Å². The van der Waals surface area contributed by atoms with Crippen molar-refractivity contribution in [2.45, 2.75) is 6.04 Å². The smallest absolute Gasteiger partial charge is 0.189 e. The van der Waals surface area contributed by atoms with Crippen molar-refractivity contribution in [2.24, 2.45) is 0 Å². The highest BCUT2D eigenvalue weighted by molar-refractivity contribution is 6.02. The van der Waals surface area contributed by atoms with E-state index in [-0.39, 0.29) is 5.78 Å². The second kappa shape index (κ2) is 8.21. The van der Waals surface area contributed by atoms with E-state index in [2.05, 4.69) is 5.32 Å². The van der Waals surface area contributed by atoms with Crippen molar-refractivity contribution in [2.75, 3.05) is 19.5 Å². The van der Waals surface area contributed by atoms with Crippen LogP contribution in [0.2, 0.25) is 0 Å². The molecule has 3 rings (SSSR count). The fraction of sp³-hybridized carbons (Fsp3) is 0.136. The maximum absolute atomic E-state index is 13.2. The molecule has 0 spiro atoms. The number of rotatable bonds is 7. The topological polar surface area (TPSA) is 47.6 Å². The minimum absolute atomic E-state index is 0.0123. The highest BCUT2D eigenvalue weighted by Crippen LogP contribution is 2.26. The molecule has 0 unspecified atom stereocenters. The van der Waals surface area contributed by atoms with Crippen LogP contribution < -0.4 is 14.8 Å². The first kappa shape index (κ1) is 17.5. The van der Waals surface area contributed by atoms with Crippen molar-refractivity contribution < 1.29 is 14.3 Å². The van der Waals surface area contributed by atoms with Gasteiger partial charge >= 0.3 is 0 Å². The van der Waals surface area contributed by atoms with E-state index in [4.69, 9.17) is 9.47 Å². The monoisotopic (exact) mass is 347 g/mol. The summed E-state index contributed by atoms with van der Waals surface area (Å²) in [6.07, 6.45) is 0.